The molecule has 5 heteroatoms. The first-order chi connectivity index (χ1) is 7.04. The van der Waals surface area contributed by atoms with Crippen LogP contribution in [0.1, 0.15) is 5.56 Å². The normalized spacial score (nSPS) is 10.6. The Kier molecular flexibility index (Phi) is 3.38. The number of methoxy groups -OCH3 is 1. The third-order valence-electron chi connectivity index (χ3n) is 1.66. The molecule has 15 heavy (non-hydrogen) atoms. The van der Waals surface area contributed by atoms with Crippen LogP contribution in [0.3, 0.4) is 0 Å². The summed E-state index contributed by atoms with van der Waals surface area (Å²) in [7, 11) is 1.17. The second kappa shape index (κ2) is 4.54. The molecule has 0 unspecified atom stereocenters. The number of ether oxygens (including phenoxy) is 1. The summed E-state index contributed by atoms with van der Waals surface area (Å²) in [5, 5.41) is 0. The second-order valence-corrected chi connectivity index (χ2v) is 2.75. The van der Waals surface area contributed by atoms with E-state index in [4.69, 9.17) is 5.73 Å². The smallest absolute Gasteiger partial charge is 0.241 e. The van der Waals surface area contributed by atoms with E-state index in [0.717, 1.165) is 18.2 Å². The van der Waals surface area contributed by atoms with E-state index in [2.05, 4.69) is 4.74 Å². The number of hydrogen-bond donors (Lipinski definition) is 1. The van der Waals surface area contributed by atoms with E-state index >= 15 is 0 Å². The lowest BCUT2D eigenvalue weighted by Crippen LogP contribution is -2.05. The van der Waals surface area contributed by atoms with Crippen LogP contribution >= 0.6 is 0 Å². The Bertz CT molecular complexity index is 393. The molecule has 1 aromatic rings. The summed E-state index contributed by atoms with van der Waals surface area (Å²) in [5.74, 6) is -2.80. The fourth-order valence-corrected chi connectivity index (χ4v) is 1.05. The SMILES string of the molecule is COc1c(F)cc(C=CC(N)=O)cc1F. The van der Waals surface area contributed by atoms with Gasteiger partial charge in [-0.15, -0.1) is 0 Å². The first kappa shape index (κ1) is 11.2. The Morgan fingerprint density at radius 1 is 1.40 bits per heavy atom. The summed E-state index contributed by atoms with van der Waals surface area (Å²) in [4.78, 5) is 10.4. The maximum absolute atomic E-state index is 13.1. The molecule has 0 fully saturated rings. The van der Waals surface area contributed by atoms with Gasteiger partial charge in [0.25, 0.3) is 0 Å². The van der Waals surface area contributed by atoms with Crippen LogP contribution in [0.15, 0.2) is 18.2 Å². The molecule has 0 aliphatic rings. The minimum atomic E-state index is -0.832. The van der Waals surface area contributed by atoms with Gasteiger partial charge in [0, 0.05) is 6.08 Å². The molecular weight excluding hydrogens is 204 g/mol. The molecule has 1 amide bonds. The molecule has 0 aromatic heterocycles. The van der Waals surface area contributed by atoms with Crippen LogP contribution in [0, 0.1) is 11.6 Å². The lowest BCUT2D eigenvalue weighted by Gasteiger charge is -2.03. The Balaban J connectivity index is 3.09. The predicted molar refractivity (Wildman–Crippen MR) is 51.1 cm³/mol. The average Bonchev–Trinajstić information content (AvgIpc) is 2.14. The fraction of sp³-hybridized carbons (Fsp3) is 0.100. The van der Waals surface area contributed by atoms with Gasteiger partial charge in [-0.1, -0.05) is 0 Å². The summed E-state index contributed by atoms with van der Waals surface area (Å²) in [6.07, 6.45) is 2.23. The first-order valence-corrected chi connectivity index (χ1v) is 4.05. The molecule has 1 rings (SSSR count). The highest BCUT2D eigenvalue weighted by Gasteiger charge is 2.09. The lowest BCUT2D eigenvalue weighted by molar-refractivity contribution is -0.113. The Morgan fingerprint density at radius 2 is 1.93 bits per heavy atom. The quantitative estimate of drug-likeness (QED) is 0.773. The van der Waals surface area contributed by atoms with E-state index in [-0.39, 0.29) is 5.56 Å². The maximum atomic E-state index is 13.1. The number of rotatable bonds is 3. The van der Waals surface area contributed by atoms with E-state index in [0.29, 0.717) is 0 Å². The highest BCUT2D eigenvalue weighted by Crippen LogP contribution is 2.23. The minimum Gasteiger partial charge on any atom is -0.491 e. The molecule has 0 bridgehead atoms. The number of nitrogens with two attached hydrogens (primary N) is 1. The summed E-state index contributed by atoms with van der Waals surface area (Å²) < 4.78 is 30.7. The maximum Gasteiger partial charge on any atom is 0.241 e. The molecule has 0 spiro atoms. The third kappa shape index (κ3) is 2.77. The van der Waals surface area contributed by atoms with Gasteiger partial charge in [0.05, 0.1) is 7.11 Å². The number of hydrogen-bond acceptors (Lipinski definition) is 2. The van der Waals surface area contributed by atoms with Crippen molar-refractivity contribution in [2.45, 2.75) is 0 Å². The van der Waals surface area contributed by atoms with Crippen molar-refractivity contribution in [3.8, 4) is 5.75 Å². The molecule has 3 nitrogen and oxygen atoms in total. The van der Waals surface area contributed by atoms with E-state index < -0.39 is 23.3 Å². The number of benzene rings is 1. The predicted octanol–water partition coefficient (Wildman–Crippen LogP) is 1.47. The van der Waals surface area contributed by atoms with E-state index in [1.807, 2.05) is 0 Å². The molecule has 0 atom stereocenters. The van der Waals surface area contributed by atoms with Gasteiger partial charge in [-0.05, 0) is 23.8 Å². The van der Waals surface area contributed by atoms with Crippen molar-refractivity contribution in [2.75, 3.05) is 7.11 Å². The molecule has 0 aliphatic carbocycles. The van der Waals surface area contributed by atoms with Gasteiger partial charge >= 0.3 is 0 Å². The van der Waals surface area contributed by atoms with Gasteiger partial charge in [0.15, 0.2) is 17.4 Å². The molecule has 0 heterocycles. The van der Waals surface area contributed by atoms with Crippen molar-refractivity contribution in [3.05, 3.63) is 35.4 Å². The molecule has 1 aromatic carbocycles. The summed E-state index contributed by atoms with van der Waals surface area (Å²) in [6.45, 7) is 0. The monoisotopic (exact) mass is 213 g/mol. The molecule has 80 valence electrons. The largest absolute Gasteiger partial charge is 0.491 e. The molecule has 2 N–H and O–H groups in total. The van der Waals surface area contributed by atoms with Crippen LogP contribution in [0.5, 0.6) is 5.75 Å². The number of carbonyl (C=O) groups excluding carboxylic acids is 1. The Hall–Kier alpha value is -1.91. The van der Waals surface area contributed by atoms with Gasteiger partial charge in [0.2, 0.25) is 5.91 Å². The van der Waals surface area contributed by atoms with Crippen LogP contribution in [0.4, 0.5) is 8.78 Å². The highest BCUT2D eigenvalue weighted by atomic mass is 19.1. The lowest BCUT2D eigenvalue weighted by atomic mass is 10.2. The summed E-state index contributed by atoms with van der Waals surface area (Å²) in [5.41, 5.74) is 5.03. The van der Waals surface area contributed by atoms with Crippen LogP contribution in [-0.2, 0) is 4.79 Å². The minimum absolute atomic E-state index is 0.199. The van der Waals surface area contributed by atoms with Gasteiger partial charge in [-0.3, -0.25) is 4.79 Å². The van der Waals surface area contributed by atoms with Crippen LogP contribution in [0.25, 0.3) is 6.08 Å². The van der Waals surface area contributed by atoms with E-state index in [1.54, 1.807) is 0 Å². The topological polar surface area (TPSA) is 52.3 Å². The molecule has 0 radical (unpaired) electrons. The fourth-order valence-electron chi connectivity index (χ4n) is 1.05. The van der Waals surface area contributed by atoms with Crippen molar-refractivity contribution < 1.29 is 18.3 Å². The van der Waals surface area contributed by atoms with E-state index in [9.17, 15) is 13.6 Å². The zero-order valence-electron chi connectivity index (χ0n) is 7.96. The highest BCUT2D eigenvalue weighted by molar-refractivity contribution is 5.90. The number of amides is 1. The van der Waals surface area contributed by atoms with Gasteiger partial charge in [0.1, 0.15) is 0 Å². The number of halogens is 2. The zero-order valence-corrected chi connectivity index (χ0v) is 7.96. The van der Waals surface area contributed by atoms with Crippen LogP contribution in [0.2, 0.25) is 0 Å². The van der Waals surface area contributed by atoms with Crippen molar-refractivity contribution in [3.63, 3.8) is 0 Å². The Morgan fingerprint density at radius 3 is 2.33 bits per heavy atom. The van der Waals surface area contributed by atoms with Crippen molar-refractivity contribution in [1.82, 2.24) is 0 Å². The molecular formula is C10H9F2NO2. The van der Waals surface area contributed by atoms with Gasteiger partial charge < -0.3 is 10.5 Å². The average molecular weight is 213 g/mol. The molecule has 0 saturated carbocycles. The van der Waals surface area contributed by atoms with Crippen LogP contribution < -0.4 is 10.5 Å². The van der Waals surface area contributed by atoms with E-state index in [1.165, 1.54) is 13.2 Å². The van der Waals surface area contributed by atoms with Crippen molar-refractivity contribution in [2.24, 2.45) is 5.73 Å². The summed E-state index contributed by atoms with van der Waals surface area (Å²) >= 11 is 0. The number of carbonyl (C=O) groups is 1. The second-order valence-electron chi connectivity index (χ2n) is 2.75. The van der Waals surface area contributed by atoms with Crippen molar-refractivity contribution in [1.29, 1.82) is 0 Å². The van der Waals surface area contributed by atoms with Crippen molar-refractivity contribution >= 4 is 12.0 Å². The van der Waals surface area contributed by atoms with Gasteiger partial charge in [-0.2, -0.15) is 0 Å². The number of primary amides is 1. The summed E-state index contributed by atoms with van der Waals surface area (Å²) in [6, 6.07) is 2.09. The molecule has 0 aliphatic heterocycles. The molecule has 0 saturated heterocycles. The third-order valence-corrected chi connectivity index (χ3v) is 1.66. The zero-order chi connectivity index (χ0) is 11.4. The van der Waals surface area contributed by atoms with Gasteiger partial charge in [-0.25, -0.2) is 8.78 Å². The van der Waals surface area contributed by atoms with Crippen LogP contribution in [-0.4, -0.2) is 13.0 Å². The Labute approximate surface area is 85.1 Å². The first-order valence-electron chi connectivity index (χ1n) is 4.05. The standard InChI is InChI=1S/C10H9F2NO2/c1-15-10-7(11)4-6(5-8(10)12)2-3-9(13)14/h2-5H,1H3,(H2,13,14).